The fourth-order valence-electron chi connectivity index (χ4n) is 1.98. The van der Waals surface area contributed by atoms with Crippen LogP contribution in [0.5, 0.6) is 0 Å². The minimum Gasteiger partial charge on any atom is -0.338 e. The van der Waals surface area contributed by atoms with E-state index < -0.39 is 0 Å². The van der Waals surface area contributed by atoms with Crippen LogP contribution in [0.1, 0.15) is 5.56 Å². The molecule has 3 rings (SSSR count). The highest BCUT2D eigenvalue weighted by Gasteiger charge is 2.11. The zero-order valence-corrected chi connectivity index (χ0v) is 11.5. The van der Waals surface area contributed by atoms with Gasteiger partial charge in [-0.05, 0) is 29.8 Å². The molecular formula is C16H12FN3O2. The number of halogens is 1. The van der Waals surface area contributed by atoms with E-state index in [1.165, 1.54) is 12.1 Å². The molecule has 2 aromatic heterocycles. The summed E-state index contributed by atoms with van der Waals surface area (Å²) in [6.45, 7) is 0. The molecule has 110 valence electrons. The molecule has 6 heteroatoms. The number of pyridine rings is 1. The second-order valence-electron chi connectivity index (χ2n) is 4.65. The van der Waals surface area contributed by atoms with E-state index in [9.17, 15) is 9.18 Å². The standard InChI is InChI=1S/C16H12FN3O2/c17-12-5-3-4-11(8-12)9-15(21)19-16-10-14(20-22-16)13-6-1-2-7-18-13/h1-8,10H,9H2,(H,19,21). The Balaban J connectivity index is 1.66. The highest BCUT2D eigenvalue weighted by Crippen LogP contribution is 2.19. The van der Waals surface area contributed by atoms with Gasteiger partial charge in [0.1, 0.15) is 11.5 Å². The van der Waals surface area contributed by atoms with Crippen LogP contribution in [-0.4, -0.2) is 16.0 Å². The van der Waals surface area contributed by atoms with Gasteiger partial charge >= 0.3 is 0 Å². The van der Waals surface area contributed by atoms with Crippen LogP contribution in [-0.2, 0) is 11.2 Å². The SMILES string of the molecule is O=C(Cc1cccc(F)c1)Nc1cc(-c2ccccn2)no1. The van der Waals surface area contributed by atoms with E-state index in [-0.39, 0.29) is 24.0 Å². The van der Waals surface area contributed by atoms with Gasteiger partial charge in [-0.15, -0.1) is 0 Å². The molecule has 0 fully saturated rings. The third-order valence-corrected chi connectivity index (χ3v) is 2.95. The lowest BCUT2D eigenvalue weighted by Gasteiger charge is -2.01. The third kappa shape index (κ3) is 3.35. The summed E-state index contributed by atoms with van der Waals surface area (Å²) in [6, 6.07) is 12.9. The fourth-order valence-corrected chi connectivity index (χ4v) is 1.98. The molecule has 1 N–H and O–H groups in total. The van der Waals surface area contributed by atoms with Crippen molar-refractivity contribution in [2.75, 3.05) is 5.32 Å². The van der Waals surface area contributed by atoms with E-state index in [1.807, 2.05) is 6.07 Å². The summed E-state index contributed by atoms with van der Waals surface area (Å²) in [5, 5.41) is 6.43. The number of rotatable bonds is 4. The van der Waals surface area contributed by atoms with E-state index in [0.717, 1.165) is 0 Å². The van der Waals surface area contributed by atoms with Crippen LogP contribution >= 0.6 is 0 Å². The zero-order chi connectivity index (χ0) is 15.4. The maximum Gasteiger partial charge on any atom is 0.231 e. The lowest BCUT2D eigenvalue weighted by Crippen LogP contribution is -2.13. The normalized spacial score (nSPS) is 10.4. The Morgan fingerprint density at radius 1 is 1.14 bits per heavy atom. The molecule has 1 amide bonds. The average Bonchev–Trinajstić information content (AvgIpc) is 2.96. The van der Waals surface area contributed by atoms with Crippen LogP contribution in [0.2, 0.25) is 0 Å². The number of carbonyl (C=O) groups is 1. The summed E-state index contributed by atoms with van der Waals surface area (Å²) in [4.78, 5) is 16.0. The first-order valence-electron chi connectivity index (χ1n) is 6.63. The molecule has 0 unspecified atom stereocenters. The highest BCUT2D eigenvalue weighted by molar-refractivity contribution is 5.91. The number of amides is 1. The molecule has 3 aromatic rings. The number of hydrogen-bond donors (Lipinski definition) is 1. The summed E-state index contributed by atoms with van der Waals surface area (Å²) < 4.78 is 18.1. The molecule has 0 saturated carbocycles. The minimum atomic E-state index is -0.373. The first-order chi connectivity index (χ1) is 10.7. The van der Waals surface area contributed by atoms with Crippen molar-refractivity contribution in [3.63, 3.8) is 0 Å². The van der Waals surface area contributed by atoms with Gasteiger partial charge in [0.25, 0.3) is 0 Å². The Morgan fingerprint density at radius 2 is 2.05 bits per heavy atom. The van der Waals surface area contributed by atoms with Crippen LogP contribution in [0.25, 0.3) is 11.4 Å². The number of aromatic nitrogens is 2. The predicted octanol–water partition coefficient (Wildman–Crippen LogP) is 3.06. The van der Waals surface area contributed by atoms with E-state index in [2.05, 4.69) is 15.5 Å². The van der Waals surface area contributed by atoms with Crippen LogP contribution < -0.4 is 5.32 Å². The Hall–Kier alpha value is -3.02. The molecule has 5 nitrogen and oxygen atoms in total. The number of nitrogens with zero attached hydrogens (tertiary/aromatic N) is 2. The second kappa shape index (κ2) is 6.17. The van der Waals surface area contributed by atoms with Gasteiger partial charge in [0.05, 0.1) is 12.1 Å². The van der Waals surface area contributed by atoms with Crippen molar-refractivity contribution >= 4 is 11.8 Å². The van der Waals surface area contributed by atoms with Crippen molar-refractivity contribution in [1.29, 1.82) is 0 Å². The van der Waals surface area contributed by atoms with E-state index in [1.54, 1.807) is 36.5 Å². The predicted molar refractivity (Wildman–Crippen MR) is 78.5 cm³/mol. The maximum absolute atomic E-state index is 13.1. The molecule has 0 aliphatic rings. The van der Waals surface area contributed by atoms with Gasteiger partial charge in [-0.25, -0.2) is 4.39 Å². The first-order valence-corrected chi connectivity index (χ1v) is 6.63. The van der Waals surface area contributed by atoms with Crippen LogP contribution in [0.15, 0.2) is 59.3 Å². The van der Waals surface area contributed by atoms with E-state index >= 15 is 0 Å². The molecule has 22 heavy (non-hydrogen) atoms. The van der Waals surface area contributed by atoms with Gasteiger partial charge in [0.2, 0.25) is 11.8 Å². The lowest BCUT2D eigenvalue weighted by atomic mass is 10.1. The Kier molecular flexibility index (Phi) is 3.91. The largest absolute Gasteiger partial charge is 0.338 e. The zero-order valence-electron chi connectivity index (χ0n) is 11.5. The number of hydrogen-bond acceptors (Lipinski definition) is 4. The Bertz CT molecular complexity index is 787. The fraction of sp³-hybridized carbons (Fsp3) is 0.0625. The van der Waals surface area contributed by atoms with Gasteiger partial charge in [0.15, 0.2) is 0 Å². The number of anilines is 1. The van der Waals surface area contributed by atoms with Crippen molar-refractivity contribution in [2.45, 2.75) is 6.42 Å². The monoisotopic (exact) mass is 297 g/mol. The summed E-state index contributed by atoms with van der Waals surface area (Å²) in [5.41, 5.74) is 1.76. The molecule has 0 bridgehead atoms. The van der Waals surface area contributed by atoms with Crippen molar-refractivity contribution in [2.24, 2.45) is 0 Å². The van der Waals surface area contributed by atoms with Gasteiger partial charge in [0, 0.05) is 12.3 Å². The first kappa shape index (κ1) is 13.9. The minimum absolute atomic E-state index is 0.0530. The molecule has 1 aromatic carbocycles. The van der Waals surface area contributed by atoms with Gasteiger partial charge in [-0.3, -0.25) is 15.1 Å². The van der Waals surface area contributed by atoms with Gasteiger partial charge in [-0.2, -0.15) is 0 Å². The third-order valence-electron chi connectivity index (χ3n) is 2.95. The Labute approximate surface area is 125 Å². The van der Waals surface area contributed by atoms with Gasteiger partial charge in [-0.1, -0.05) is 23.4 Å². The molecule has 0 radical (unpaired) electrons. The average molecular weight is 297 g/mol. The smallest absolute Gasteiger partial charge is 0.231 e. The van der Waals surface area contributed by atoms with Crippen LogP contribution in [0, 0.1) is 5.82 Å². The number of nitrogens with one attached hydrogen (secondary N) is 1. The molecule has 0 aliphatic carbocycles. The molecular weight excluding hydrogens is 285 g/mol. The second-order valence-corrected chi connectivity index (χ2v) is 4.65. The molecule has 2 heterocycles. The quantitative estimate of drug-likeness (QED) is 0.803. The lowest BCUT2D eigenvalue weighted by molar-refractivity contribution is -0.115. The van der Waals surface area contributed by atoms with E-state index in [4.69, 9.17) is 4.52 Å². The van der Waals surface area contributed by atoms with Crippen LogP contribution in [0.3, 0.4) is 0 Å². The number of carbonyl (C=O) groups excluding carboxylic acids is 1. The topological polar surface area (TPSA) is 68.0 Å². The summed E-state index contributed by atoms with van der Waals surface area (Å²) in [5.74, 6) is -0.459. The van der Waals surface area contributed by atoms with Crippen molar-refractivity contribution in [3.05, 3.63) is 66.1 Å². The summed E-state index contributed by atoms with van der Waals surface area (Å²) in [7, 11) is 0. The number of benzene rings is 1. The summed E-state index contributed by atoms with van der Waals surface area (Å²) in [6.07, 6.45) is 1.70. The highest BCUT2D eigenvalue weighted by atomic mass is 19.1. The van der Waals surface area contributed by atoms with Crippen LogP contribution in [0.4, 0.5) is 10.3 Å². The Morgan fingerprint density at radius 3 is 2.82 bits per heavy atom. The molecule has 0 atom stereocenters. The molecule has 0 spiro atoms. The maximum atomic E-state index is 13.1. The molecule has 0 aliphatic heterocycles. The molecule has 0 saturated heterocycles. The van der Waals surface area contributed by atoms with Gasteiger partial charge < -0.3 is 4.52 Å². The summed E-state index contributed by atoms with van der Waals surface area (Å²) >= 11 is 0. The van der Waals surface area contributed by atoms with E-state index in [0.29, 0.717) is 17.0 Å². The van der Waals surface area contributed by atoms with Crippen molar-refractivity contribution in [3.8, 4) is 11.4 Å². The van der Waals surface area contributed by atoms with Crippen molar-refractivity contribution in [1.82, 2.24) is 10.1 Å². The van der Waals surface area contributed by atoms with Crippen molar-refractivity contribution < 1.29 is 13.7 Å².